The first-order valence-electron chi connectivity index (χ1n) is 9.43. The van der Waals surface area contributed by atoms with Gasteiger partial charge in [-0.2, -0.15) is 0 Å². The minimum Gasteiger partial charge on any atom is -0.450 e. The molecular weight excluding hydrogens is 347 g/mol. The van der Waals surface area contributed by atoms with E-state index < -0.39 is 0 Å². The van der Waals surface area contributed by atoms with Crippen molar-refractivity contribution < 1.29 is 18.4 Å². The van der Waals surface area contributed by atoms with Crippen molar-refractivity contribution in [3.05, 3.63) is 34.8 Å². The average molecular weight is 374 g/mol. The van der Waals surface area contributed by atoms with Crippen LogP contribution in [0.5, 0.6) is 0 Å². The van der Waals surface area contributed by atoms with Gasteiger partial charge in [0.15, 0.2) is 5.76 Å². The minimum atomic E-state index is -0.341. The molecule has 1 aliphatic heterocycles. The fraction of sp³-hybridized carbons (Fsp3) is 0.524. The average Bonchev–Trinajstić information content (AvgIpc) is 3.06. The Balaban J connectivity index is 2.12. The second-order valence-electron chi connectivity index (χ2n) is 7.88. The molecular formula is C21H27FN2O3. The Kier molecular flexibility index (Phi) is 5.27. The topological polar surface area (TPSA) is 53.8 Å². The molecule has 1 fully saturated rings. The maximum atomic E-state index is 15.4. The van der Waals surface area contributed by atoms with Crippen molar-refractivity contribution in [3.63, 3.8) is 0 Å². The number of hydrogen-bond acceptors (Lipinski definition) is 3. The van der Waals surface area contributed by atoms with Gasteiger partial charge in [0.05, 0.1) is 5.39 Å². The number of fused-ring (bicyclic) bond motifs is 1. The van der Waals surface area contributed by atoms with Gasteiger partial charge in [0.25, 0.3) is 5.91 Å². The highest BCUT2D eigenvalue weighted by molar-refractivity contribution is 5.97. The van der Waals surface area contributed by atoms with Crippen molar-refractivity contribution in [2.75, 3.05) is 27.2 Å². The number of piperidine rings is 1. The predicted molar refractivity (Wildman–Crippen MR) is 103 cm³/mol. The molecule has 27 heavy (non-hydrogen) atoms. The number of furan rings is 1. The molecule has 146 valence electrons. The zero-order valence-electron chi connectivity index (χ0n) is 16.6. The molecule has 0 bridgehead atoms. The van der Waals surface area contributed by atoms with Crippen molar-refractivity contribution in [1.82, 2.24) is 9.80 Å². The van der Waals surface area contributed by atoms with Gasteiger partial charge >= 0.3 is 0 Å². The molecule has 1 aliphatic rings. The molecule has 6 heteroatoms. The number of halogens is 1. The van der Waals surface area contributed by atoms with E-state index in [1.165, 1.54) is 11.0 Å². The molecule has 0 spiro atoms. The van der Waals surface area contributed by atoms with Crippen LogP contribution in [0.3, 0.4) is 0 Å². The maximum Gasteiger partial charge on any atom is 0.289 e. The summed E-state index contributed by atoms with van der Waals surface area (Å²) in [6.45, 7) is 6.84. The van der Waals surface area contributed by atoms with Gasteiger partial charge < -0.3 is 14.2 Å². The number of amides is 2. The molecule has 1 aromatic carbocycles. The number of rotatable bonds is 3. The van der Waals surface area contributed by atoms with E-state index in [9.17, 15) is 9.59 Å². The van der Waals surface area contributed by atoms with Gasteiger partial charge in [0, 0.05) is 46.1 Å². The first-order chi connectivity index (χ1) is 12.7. The van der Waals surface area contributed by atoms with Gasteiger partial charge in [-0.1, -0.05) is 13.8 Å². The minimum absolute atomic E-state index is 0.0208. The van der Waals surface area contributed by atoms with Crippen LogP contribution in [0, 0.1) is 5.82 Å². The molecule has 0 unspecified atom stereocenters. The van der Waals surface area contributed by atoms with Gasteiger partial charge in [0.2, 0.25) is 5.91 Å². The molecule has 3 rings (SSSR count). The molecule has 1 atom stereocenters. The van der Waals surface area contributed by atoms with Crippen LogP contribution in [0.2, 0.25) is 0 Å². The van der Waals surface area contributed by atoms with Crippen LogP contribution >= 0.6 is 0 Å². The van der Waals surface area contributed by atoms with Gasteiger partial charge in [-0.3, -0.25) is 9.59 Å². The lowest BCUT2D eigenvalue weighted by Crippen LogP contribution is -2.37. The third kappa shape index (κ3) is 3.57. The second kappa shape index (κ2) is 7.33. The van der Waals surface area contributed by atoms with E-state index in [1.807, 2.05) is 19.9 Å². The monoisotopic (exact) mass is 374 g/mol. The Morgan fingerprint density at radius 3 is 2.59 bits per heavy atom. The molecule has 0 saturated carbocycles. The van der Waals surface area contributed by atoms with Gasteiger partial charge in [-0.05, 0) is 36.0 Å². The third-order valence-corrected chi connectivity index (χ3v) is 5.34. The van der Waals surface area contributed by atoms with E-state index in [-0.39, 0.29) is 35.2 Å². The normalized spacial score (nSPS) is 17.6. The smallest absolute Gasteiger partial charge is 0.289 e. The second-order valence-corrected chi connectivity index (χ2v) is 7.88. The summed E-state index contributed by atoms with van der Waals surface area (Å²) in [5.74, 6) is -0.400. The van der Waals surface area contributed by atoms with Gasteiger partial charge in [-0.25, -0.2) is 4.39 Å². The van der Waals surface area contributed by atoms with E-state index in [1.54, 1.807) is 25.9 Å². The van der Waals surface area contributed by atoms with Crippen molar-refractivity contribution in [2.24, 2.45) is 0 Å². The molecule has 1 aromatic heterocycles. The number of likely N-dealkylation sites (tertiary alicyclic amines) is 1. The summed E-state index contributed by atoms with van der Waals surface area (Å²) in [6.07, 6.45) is 1.69. The van der Waals surface area contributed by atoms with E-state index >= 15 is 4.39 Å². The van der Waals surface area contributed by atoms with Crippen LogP contribution in [-0.2, 0) is 4.79 Å². The quantitative estimate of drug-likeness (QED) is 0.812. The zero-order chi connectivity index (χ0) is 19.9. The SMILES string of the molecule is CC(=O)N1CCC[C@@H](c2cc(C(C)C)c3oc(C(=O)N(C)C)cc3c2F)C1. The van der Waals surface area contributed by atoms with E-state index in [4.69, 9.17) is 4.42 Å². The largest absolute Gasteiger partial charge is 0.450 e. The number of carbonyl (C=O) groups is 2. The van der Waals surface area contributed by atoms with Crippen LogP contribution in [0.1, 0.15) is 67.1 Å². The molecule has 0 aliphatic carbocycles. The molecule has 0 radical (unpaired) electrons. The van der Waals surface area contributed by atoms with E-state index in [0.29, 0.717) is 23.1 Å². The summed E-state index contributed by atoms with van der Waals surface area (Å²) >= 11 is 0. The first-order valence-corrected chi connectivity index (χ1v) is 9.43. The molecule has 0 N–H and O–H groups in total. The van der Waals surface area contributed by atoms with Crippen LogP contribution in [-0.4, -0.2) is 48.8 Å². The lowest BCUT2D eigenvalue weighted by atomic mass is 9.86. The summed E-state index contributed by atoms with van der Waals surface area (Å²) in [5, 5.41) is 0.348. The third-order valence-electron chi connectivity index (χ3n) is 5.34. The molecule has 2 aromatic rings. The zero-order valence-corrected chi connectivity index (χ0v) is 16.6. The fourth-order valence-electron chi connectivity index (χ4n) is 3.79. The molecule has 2 amide bonds. The Hall–Kier alpha value is -2.37. The highest BCUT2D eigenvalue weighted by atomic mass is 19.1. The van der Waals surface area contributed by atoms with Gasteiger partial charge in [-0.15, -0.1) is 0 Å². The predicted octanol–water partition coefficient (Wildman–Crippen LogP) is 4.12. The van der Waals surface area contributed by atoms with Crippen LogP contribution in [0.4, 0.5) is 4.39 Å². The van der Waals surface area contributed by atoms with Crippen LogP contribution in [0.15, 0.2) is 16.5 Å². The summed E-state index contributed by atoms with van der Waals surface area (Å²) in [4.78, 5) is 27.2. The van der Waals surface area contributed by atoms with Crippen LogP contribution < -0.4 is 0 Å². The van der Waals surface area contributed by atoms with Crippen molar-refractivity contribution >= 4 is 22.8 Å². The molecule has 5 nitrogen and oxygen atoms in total. The Morgan fingerprint density at radius 1 is 1.30 bits per heavy atom. The Morgan fingerprint density at radius 2 is 2.00 bits per heavy atom. The summed E-state index contributed by atoms with van der Waals surface area (Å²) in [7, 11) is 3.28. The highest BCUT2D eigenvalue weighted by Gasteiger charge is 2.29. The maximum absolute atomic E-state index is 15.4. The number of hydrogen-bond donors (Lipinski definition) is 0. The summed E-state index contributed by atoms with van der Waals surface area (Å²) < 4.78 is 21.2. The van der Waals surface area contributed by atoms with Crippen molar-refractivity contribution in [1.29, 1.82) is 0 Å². The molecule has 1 saturated heterocycles. The summed E-state index contributed by atoms with van der Waals surface area (Å²) in [5.41, 5.74) is 1.94. The number of benzene rings is 1. The van der Waals surface area contributed by atoms with Crippen molar-refractivity contribution in [2.45, 2.75) is 45.4 Å². The Bertz CT molecular complexity index is 885. The Labute approximate surface area is 159 Å². The van der Waals surface area contributed by atoms with Crippen molar-refractivity contribution in [3.8, 4) is 0 Å². The lowest BCUT2D eigenvalue weighted by molar-refractivity contribution is -0.130. The fourth-order valence-corrected chi connectivity index (χ4v) is 3.79. The van der Waals surface area contributed by atoms with E-state index in [0.717, 1.165) is 24.9 Å². The molecule has 2 heterocycles. The highest BCUT2D eigenvalue weighted by Crippen LogP contribution is 2.38. The number of carbonyl (C=O) groups excluding carboxylic acids is 2. The van der Waals surface area contributed by atoms with Gasteiger partial charge in [0.1, 0.15) is 11.4 Å². The first kappa shape index (κ1) is 19.4. The standard InChI is InChI=1S/C21H27FN2O3/c1-12(2)15-9-16(14-7-6-8-24(11-14)13(3)25)19(22)17-10-18(27-20(15)17)21(26)23(4)5/h9-10,12,14H,6-8,11H2,1-5H3/t14-/m1/s1. The number of nitrogens with zero attached hydrogens (tertiary/aromatic N) is 2. The lowest BCUT2D eigenvalue weighted by Gasteiger charge is -2.32. The van der Waals surface area contributed by atoms with Crippen LogP contribution in [0.25, 0.3) is 11.0 Å². The van der Waals surface area contributed by atoms with E-state index in [2.05, 4.69) is 0 Å². The summed E-state index contributed by atoms with van der Waals surface area (Å²) in [6, 6.07) is 3.37.